The third kappa shape index (κ3) is 5.42. The smallest absolute Gasteiger partial charge is 0.323 e. The van der Waals surface area contributed by atoms with Gasteiger partial charge < -0.3 is 10.0 Å². The van der Waals surface area contributed by atoms with Gasteiger partial charge in [-0.2, -0.15) is 0 Å². The van der Waals surface area contributed by atoms with E-state index in [0.29, 0.717) is 26.6 Å². The minimum absolute atomic E-state index is 0.235. The third-order valence-corrected chi connectivity index (χ3v) is 9.56. The first-order chi connectivity index (χ1) is 17.7. The predicted octanol–water partition coefficient (Wildman–Crippen LogP) is 2.88. The molecule has 1 aromatic heterocycles. The number of aromatic nitrogens is 1. The van der Waals surface area contributed by atoms with Gasteiger partial charge in [0.1, 0.15) is 26.5 Å². The van der Waals surface area contributed by atoms with Gasteiger partial charge in [-0.15, -0.1) is 11.3 Å². The number of fused-ring (bicyclic) bond motifs is 1. The summed E-state index contributed by atoms with van der Waals surface area (Å²) in [6, 6.07) is 6.07. The van der Waals surface area contributed by atoms with Crippen molar-refractivity contribution in [2.75, 3.05) is 25.1 Å². The van der Waals surface area contributed by atoms with E-state index in [0.717, 1.165) is 48.8 Å². The number of thiocarbonyl (C=S) groups is 1. The normalized spacial score (nSPS) is 19.4. The number of hydrogen-bond donors (Lipinski definition) is 1. The summed E-state index contributed by atoms with van der Waals surface area (Å²) in [5, 5.41) is 10.3. The lowest BCUT2D eigenvalue weighted by Crippen LogP contribution is -2.35. The van der Waals surface area contributed by atoms with Crippen LogP contribution < -0.4 is 19.7 Å². The molecule has 2 aromatic rings. The largest absolute Gasteiger partial charge is 0.480 e. The summed E-state index contributed by atoms with van der Waals surface area (Å²) in [6.45, 7) is 6.31. The number of hydrogen-bond acceptors (Lipinski definition) is 10. The summed E-state index contributed by atoms with van der Waals surface area (Å²) in [6.07, 6.45) is 3.30. The molecule has 0 aliphatic carbocycles. The summed E-state index contributed by atoms with van der Waals surface area (Å²) in [7, 11) is 1.48. The molecule has 4 rings (SSSR count). The Morgan fingerprint density at radius 1 is 1.16 bits per heavy atom. The Bertz CT molecular complexity index is 1480. The molecule has 3 heterocycles. The zero-order valence-corrected chi connectivity index (χ0v) is 23.8. The van der Waals surface area contributed by atoms with Gasteiger partial charge in [0.2, 0.25) is 0 Å². The summed E-state index contributed by atoms with van der Waals surface area (Å²) >= 11 is 9.06. The molecule has 1 unspecified atom stereocenters. The van der Waals surface area contributed by atoms with Crippen molar-refractivity contribution in [2.45, 2.75) is 38.3 Å². The lowest BCUT2D eigenvalue weighted by molar-refractivity contribution is -0.303. The van der Waals surface area contributed by atoms with Crippen molar-refractivity contribution in [1.29, 1.82) is 0 Å². The van der Waals surface area contributed by atoms with E-state index in [1.807, 2.05) is 39.0 Å². The Morgan fingerprint density at radius 3 is 2.51 bits per heavy atom. The molecule has 2 aliphatic rings. The SMILES string of the molecule is CCN1C(=O)/C(=c2/s/c(=C/C=C3\Sc4ccc(C(C)OOC)cc4N3CC)c(=O)n2CC(=O)O)SC1=S. The highest BCUT2D eigenvalue weighted by atomic mass is 32.2. The Balaban J connectivity index is 1.78. The van der Waals surface area contributed by atoms with Crippen molar-refractivity contribution < 1.29 is 24.5 Å². The lowest BCUT2D eigenvalue weighted by atomic mass is 10.1. The summed E-state index contributed by atoms with van der Waals surface area (Å²) in [5.74, 6) is -1.48. The van der Waals surface area contributed by atoms with Gasteiger partial charge in [0.05, 0.1) is 22.4 Å². The Hall–Kier alpha value is -2.42. The first kappa shape index (κ1) is 27.6. The van der Waals surface area contributed by atoms with Crippen molar-refractivity contribution in [2.24, 2.45) is 0 Å². The van der Waals surface area contributed by atoms with E-state index in [-0.39, 0.29) is 16.9 Å². The first-order valence-electron chi connectivity index (χ1n) is 11.4. The van der Waals surface area contributed by atoms with Crippen LogP contribution in [-0.4, -0.2) is 51.0 Å². The van der Waals surface area contributed by atoms with E-state index in [2.05, 4.69) is 11.0 Å². The van der Waals surface area contributed by atoms with Gasteiger partial charge in [-0.1, -0.05) is 41.8 Å². The fourth-order valence-electron chi connectivity index (χ4n) is 3.95. The van der Waals surface area contributed by atoms with Crippen molar-refractivity contribution in [3.8, 4) is 0 Å². The highest BCUT2D eigenvalue weighted by Gasteiger charge is 2.33. The minimum atomic E-state index is -1.17. The number of thiazole rings is 1. The molecule has 9 nitrogen and oxygen atoms in total. The fraction of sp³-hybridized carbons (Fsp3) is 0.333. The molecule has 1 fully saturated rings. The Labute approximate surface area is 231 Å². The number of nitrogens with zero attached hydrogens (tertiary/aromatic N) is 3. The minimum Gasteiger partial charge on any atom is -0.480 e. The monoisotopic (exact) mass is 579 g/mol. The number of thioether (sulfide) groups is 2. The zero-order valence-electron chi connectivity index (χ0n) is 20.5. The van der Waals surface area contributed by atoms with Crippen LogP contribution >= 0.6 is 47.1 Å². The number of anilines is 1. The van der Waals surface area contributed by atoms with Crippen LogP contribution in [0.3, 0.4) is 0 Å². The number of carboxylic acid groups (broad SMARTS) is 1. The molecule has 13 heteroatoms. The van der Waals surface area contributed by atoms with Gasteiger partial charge in [-0.05, 0) is 50.6 Å². The van der Waals surface area contributed by atoms with E-state index in [1.54, 1.807) is 17.8 Å². The maximum atomic E-state index is 13.2. The summed E-state index contributed by atoms with van der Waals surface area (Å²) < 4.78 is 2.16. The van der Waals surface area contributed by atoms with Gasteiger partial charge in [-0.3, -0.25) is 23.9 Å². The van der Waals surface area contributed by atoms with E-state index in [1.165, 1.54) is 12.0 Å². The van der Waals surface area contributed by atoms with Crippen molar-refractivity contribution >= 4 is 79.9 Å². The lowest BCUT2D eigenvalue weighted by Gasteiger charge is -2.19. The maximum Gasteiger partial charge on any atom is 0.323 e. The Kier molecular flexibility index (Phi) is 8.61. The third-order valence-electron chi connectivity index (χ3n) is 5.72. The van der Waals surface area contributed by atoms with Crippen molar-refractivity contribution in [3.05, 3.63) is 54.4 Å². The number of rotatable bonds is 8. The van der Waals surface area contributed by atoms with Crippen LogP contribution in [0, 0.1) is 0 Å². The second-order valence-electron chi connectivity index (χ2n) is 7.95. The Morgan fingerprint density at radius 2 is 1.89 bits per heavy atom. The van der Waals surface area contributed by atoms with Gasteiger partial charge >= 0.3 is 5.97 Å². The highest BCUT2D eigenvalue weighted by Crippen LogP contribution is 2.46. The molecular formula is C24H25N3O6S4. The van der Waals surface area contributed by atoms with Crippen molar-refractivity contribution in [1.82, 2.24) is 9.47 Å². The van der Waals surface area contributed by atoms with Crippen LogP contribution in [0.2, 0.25) is 0 Å². The summed E-state index contributed by atoms with van der Waals surface area (Å²) in [5.41, 5.74) is 1.54. The second-order valence-corrected chi connectivity index (χ2v) is 11.7. The number of aliphatic carboxylic acids is 1. The quantitative estimate of drug-likeness (QED) is 0.285. The molecule has 1 aromatic carbocycles. The maximum absolute atomic E-state index is 13.2. The standard InChI is InChI=1S/C24H25N3O6S4/c1-5-25-15-11-14(13(3)33-32-4)7-8-16(15)35-18(25)10-9-17-21(30)27(12-19(28)29)23(36-17)20-22(31)26(6-2)24(34)37-20/h7-11,13H,5-6,12H2,1-4H3,(H,28,29)/b17-9+,18-10-,23-20-. The van der Waals surface area contributed by atoms with Gasteiger partial charge in [0.15, 0.2) is 0 Å². The molecule has 0 spiro atoms. The van der Waals surface area contributed by atoms with Crippen LogP contribution in [-0.2, 0) is 25.9 Å². The zero-order chi connectivity index (χ0) is 26.9. The second kappa shape index (κ2) is 11.5. The van der Waals surface area contributed by atoms with E-state index < -0.39 is 18.1 Å². The average molecular weight is 580 g/mol. The molecule has 1 atom stereocenters. The number of carbonyl (C=O) groups excluding carboxylic acids is 1. The van der Waals surface area contributed by atoms with E-state index >= 15 is 0 Å². The van der Waals surface area contributed by atoms with E-state index in [4.69, 9.17) is 22.0 Å². The molecule has 0 bridgehead atoms. The molecule has 196 valence electrons. The molecule has 1 amide bonds. The molecule has 0 saturated carbocycles. The number of carboxylic acids is 1. The van der Waals surface area contributed by atoms with Crippen LogP contribution in [0.1, 0.15) is 32.4 Å². The highest BCUT2D eigenvalue weighted by molar-refractivity contribution is 8.30. The molecule has 1 N–H and O–H groups in total. The first-order valence-corrected chi connectivity index (χ1v) is 14.3. The fourth-order valence-corrected chi connectivity index (χ4v) is 7.64. The van der Waals surface area contributed by atoms with Gasteiger partial charge in [0.25, 0.3) is 11.5 Å². The average Bonchev–Trinajstić information content (AvgIpc) is 3.47. The molecule has 37 heavy (non-hydrogen) atoms. The molecule has 2 aliphatic heterocycles. The number of carbonyl (C=O) groups is 2. The van der Waals surface area contributed by atoms with Crippen LogP contribution in [0.25, 0.3) is 11.0 Å². The topological polar surface area (TPSA) is 101 Å². The van der Waals surface area contributed by atoms with E-state index in [9.17, 15) is 19.5 Å². The predicted molar refractivity (Wildman–Crippen MR) is 151 cm³/mol. The van der Waals surface area contributed by atoms with Crippen LogP contribution in [0.5, 0.6) is 0 Å². The molecular weight excluding hydrogens is 555 g/mol. The molecule has 0 radical (unpaired) electrons. The van der Waals surface area contributed by atoms with Crippen LogP contribution in [0.15, 0.2) is 39.0 Å². The number of allylic oxidation sites excluding steroid dienone is 1. The van der Waals surface area contributed by atoms with Gasteiger partial charge in [0, 0.05) is 18.0 Å². The van der Waals surface area contributed by atoms with Crippen molar-refractivity contribution in [3.63, 3.8) is 0 Å². The number of amides is 1. The summed E-state index contributed by atoms with van der Waals surface area (Å²) in [4.78, 5) is 52.6. The number of benzene rings is 1. The van der Waals surface area contributed by atoms with Crippen LogP contribution in [0.4, 0.5) is 5.69 Å². The van der Waals surface area contributed by atoms with Gasteiger partial charge in [-0.25, -0.2) is 9.78 Å². The molecule has 1 saturated heterocycles.